The molecule has 32 heavy (non-hydrogen) atoms. The summed E-state index contributed by atoms with van der Waals surface area (Å²) >= 11 is 16.3. The SMILES string of the molecule is [CH2][C@@H]1C[C@@H](Nc2ncncc2C(=O)c2cc(Cl)n(Cc3cccc(Br)c3)c2Cl)[C@@H](F)[C@@H]1O. The Hall–Kier alpha value is -2.00. The van der Waals surface area contributed by atoms with E-state index in [1.54, 1.807) is 4.57 Å². The van der Waals surface area contributed by atoms with Crippen molar-refractivity contribution >= 4 is 50.7 Å². The van der Waals surface area contributed by atoms with Gasteiger partial charge in [-0.3, -0.25) is 4.79 Å². The van der Waals surface area contributed by atoms with Crippen molar-refractivity contribution < 1.29 is 14.3 Å². The lowest BCUT2D eigenvalue weighted by Crippen LogP contribution is -2.32. The second-order valence-corrected chi connectivity index (χ2v) is 9.34. The van der Waals surface area contributed by atoms with Crippen molar-refractivity contribution in [2.45, 2.75) is 31.3 Å². The lowest BCUT2D eigenvalue weighted by atomic mass is 10.1. The zero-order valence-electron chi connectivity index (χ0n) is 16.7. The first-order chi connectivity index (χ1) is 15.3. The van der Waals surface area contributed by atoms with E-state index >= 15 is 0 Å². The summed E-state index contributed by atoms with van der Waals surface area (Å²) in [6.07, 6.45) is 0.198. The van der Waals surface area contributed by atoms with Crippen LogP contribution >= 0.6 is 39.1 Å². The number of aliphatic hydroxyl groups excluding tert-OH is 1. The molecular weight excluding hydrogens is 522 g/mol. The Kier molecular flexibility index (Phi) is 6.86. The minimum atomic E-state index is -1.53. The summed E-state index contributed by atoms with van der Waals surface area (Å²) in [5.74, 6) is -0.747. The highest BCUT2D eigenvalue weighted by molar-refractivity contribution is 9.10. The van der Waals surface area contributed by atoms with Gasteiger partial charge < -0.3 is 15.0 Å². The second kappa shape index (κ2) is 9.47. The number of halogens is 4. The predicted molar refractivity (Wildman–Crippen MR) is 125 cm³/mol. The first kappa shape index (κ1) is 23.2. The molecule has 1 aromatic carbocycles. The third-order valence-electron chi connectivity index (χ3n) is 5.48. The van der Waals surface area contributed by atoms with Gasteiger partial charge in [-0.25, -0.2) is 14.4 Å². The average molecular weight is 541 g/mol. The van der Waals surface area contributed by atoms with Crippen LogP contribution in [0.5, 0.6) is 0 Å². The maximum atomic E-state index is 14.4. The van der Waals surface area contributed by atoms with Crippen LogP contribution in [0.3, 0.4) is 0 Å². The fraction of sp³-hybridized carbons (Fsp3) is 0.273. The number of carbonyl (C=O) groups is 1. The van der Waals surface area contributed by atoms with Gasteiger partial charge in [0.1, 0.15) is 28.6 Å². The molecule has 0 saturated heterocycles. The summed E-state index contributed by atoms with van der Waals surface area (Å²) in [6.45, 7) is 4.13. The monoisotopic (exact) mass is 539 g/mol. The van der Waals surface area contributed by atoms with E-state index in [1.807, 2.05) is 24.3 Å². The van der Waals surface area contributed by atoms with E-state index in [0.29, 0.717) is 18.1 Å². The molecule has 1 aliphatic rings. The molecule has 0 aliphatic heterocycles. The van der Waals surface area contributed by atoms with Gasteiger partial charge >= 0.3 is 0 Å². The molecule has 3 aromatic rings. The highest BCUT2D eigenvalue weighted by atomic mass is 79.9. The highest BCUT2D eigenvalue weighted by Gasteiger charge is 2.41. The molecule has 167 valence electrons. The first-order valence-corrected chi connectivity index (χ1v) is 11.4. The maximum absolute atomic E-state index is 14.4. The van der Waals surface area contributed by atoms with Crippen LogP contribution in [0, 0.1) is 12.8 Å². The van der Waals surface area contributed by atoms with Crippen LogP contribution in [-0.4, -0.2) is 43.7 Å². The maximum Gasteiger partial charge on any atom is 0.201 e. The second-order valence-electron chi connectivity index (χ2n) is 7.68. The zero-order chi connectivity index (χ0) is 23.0. The molecule has 2 heterocycles. The quantitative estimate of drug-likeness (QED) is 0.432. The van der Waals surface area contributed by atoms with Crippen molar-refractivity contribution in [1.82, 2.24) is 14.5 Å². The molecule has 2 N–H and O–H groups in total. The van der Waals surface area contributed by atoms with Crippen LogP contribution in [-0.2, 0) is 6.54 Å². The summed E-state index contributed by atoms with van der Waals surface area (Å²) in [5.41, 5.74) is 1.25. The number of anilines is 1. The van der Waals surface area contributed by atoms with Crippen LogP contribution in [0.15, 0.2) is 47.3 Å². The Morgan fingerprint density at radius 2 is 2.12 bits per heavy atom. The molecule has 10 heteroatoms. The Labute approximate surface area is 202 Å². The molecule has 1 aliphatic carbocycles. The van der Waals surface area contributed by atoms with Gasteiger partial charge in [0.15, 0.2) is 0 Å². The van der Waals surface area contributed by atoms with Gasteiger partial charge in [0.05, 0.1) is 23.3 Å². The van der Waals surface area contributed by atoms with E-state index in [1.165, 1.54) is 18.6 Å². The fourth-order valence-corrected chi connectivity index (χ4v) is 4.82. The minimum Gasteiger partial charge on any atom is -0.390 e. The smallest absolute Gasteiger partial charge is 0.201 e. The summed E-state index contributed by atoms with van der Waals surface area (Å²) < 4.78 is 16.9. The molecule has 6 nitrogen and oxygen atoms in total. The van der Waals surface area contributed by atoms with Gasteiger partial charge in [-0.2, -0.15) is 0 Å². The molecule has 1 radical (unpaired) electrons. The molecule has 4 rings (SSSR count). The fourth-order valence-electron chi connectivity index (χ4n) is 3.78. The van der Waals surface area contributed by atoms with E-state index < -0.39 is 30.0 Å². The van der Waals surface area contributed by atoms with E-state index in [2.05, 4.69) is 38.1 Å². The molecule has 0 spiro atoms. The largest absolute Gasteiger partial charge is 0.390 e. The van der Waals surface area contributed by atoms with Crippen LogP contribution in [0.2, 0.25) is 10.3 Å². The number of aromatic nitrogens is 3. The molecule has 0 unspecified atom stereocenters. The zero-order valence-corrected chi connectivity index (χ0v) is 19.8. The van der Waals surface area contributed by atoms with Crippen LogP contribution in [0.4, 0.5) is 10.2 Å². The topological polar surface area (TPSA) is 80.0 Å². The first-order valence-electron chi connectivity index (χ1n) is 9.81. The van der Waals surface area contributed by atoms with Crippen LogP contribution in [0.1, 0.15) is 27.9 Å². The van der Waals surface area contributed by atoms with E-state index in [0.717, 1.165) is 10.0 Å². The van der Waals surface area contributed by atoms with Gasteiger partial charge in [0, 0.05) is 17.2 Å². The molecule has 2 aromatic heterocycles. The molecule has 4 atom stereocenters. The third-order valence-corrected chi connectivity index (χ3v) is 6.70. The van der Waals surface area contributed by atoms with Crippen molar-refractivity contribution in [3.8, 4) is 0 Å². The summed E-state index contributed by atoms with van der Waals surface area (Å²) in [6, 6.07) is 8.42. The summed E-state index contributed by atoms with van der Waals surface area (Å²) in [5, 5.41) is 13.3. The number of carbonyl (C=O) groups excluding carboxylic acids is 1. The number of rotatable bonds is 6. The number of benzene rings is 1. The molecular formula is C22H19BrCl2FN4O2. The number of nitrogens with one attached hydrogen (secondary N) is 1. The minimum absolute atomic E-state index is 0.125. The molecule has 1 saturated carbocycles. The number of aliphatic hydroxyl groups is 1. The van der Waals surface area contributed by atoms with Gasteiger partial charge in [-0.05, 0) is 43.0 Å². The Balaban J connectivity index is 1.62. The van der Waals surface area contributed by atoms with Gasteiger partial charge in [0.25, 0.3) is 0 Å². The highest BCUT2D eigenvalue weighted by Crippen LogP contribution is 2.33. The Morgan fingerprint density at radius 3 is 2.81 bits per heavy atom. The molecule has 0 amide bonds. The van der Waals surface area contributed by atoms with Crippen molar-refractivity contribution in [3.05, 3.63) is 81.2 Å². The predicted octanol–water partition coefficient (Wildman–Crippen LogP) is 4.96. The van der Waals surface area contributed by atoms with Gasteiger partial charge in [-0.15, -0.1) is 0 Å². The third kappa shape index (κ3) is 4.55. The normalized spacial score (nSPS) is 22.8. The lowest BCUT2D eigenvalue weighted by Gasteiger charge is -2.18. The van der Waals surface area contributed by atoms with E-state index in [4.69, 9.17) is 23.2 Å². The number of alkyl halides is 1. The van der Waals surface area contributed by atoms with Crippen molar-refractivity contribution in [1.29, 1.82) is 0 Å². The number of ketones is 1. The number of hydrogen-bond acceptors (Lipinski definition) is 5. The number of hydrogen-bond donors (Lipinski definition) is 2. The summed E-state index contributed by atoms with van der Waals surface area (Å²) in [7, 11) is 0. The Morgan fingerprint density at radius 1 is 1.34 bits per heavy atom. The van der Waals surface area contributed by atoms with Crippen molar-refractivity contribution in [2.24, 2.45) is 5.92 Å². The standard InChI is InChI=1S/C22H19BrCl2FN4O2/c1-11-5-16(18(26)19(11)31)29-22-15(8-27-10-28-22)20(32)14-7-17(24)30(21(14)25)9-12-3-2-4-13(23)6-12/h2-4,6-8,10-11,16,18-19,31H,1,5,9H2,(H,27,28,29)/t11-,16-,18-,19-/m1/s1. The molecule has 1 fully saturated rings. The molecule has 0 bridgehead atoms. The van der Waals surface area contributed by atoms with Crippen molar-refractivity contribution in [3.63, 3.8) is 0 Å². The van der Waals surface area contributed by atoms with Crippen molar-refractivity contribution in [2.75, 3.05) is 5.32 Å². The average Bonchev–Trinajstić information content (AvgIpc) is 3.18. The van der Waals surface area contributed by atoms with E-state index in [9.17, 15) is 14.3 Å². The van der Waals surface area contributed by atoms with Gasteiger partial charge in [-0.1, -0.05) is 51.3 Å². The summed E-state index contributed by atoms with van der Waals surface area (Å²) in [4.78, 5) is 21.4. The van der Waals surface area contributed by atoms with Crippen LogP contribution < -0.4 is 5.32 Å². The van der Waals surface area contributed by atoms with E-state index in [-0.39, 0.29) is 22.1 Å². The van der Waals surface area contributed by atoms with Gasteiger partial charge in [0.2, 0.25) is 5.78 Å². The van der Waals surface area contributed by atoms with Crippen LogP contribution in [0.25, 0.3) is 0 Å². The number of nitrogens with zero attached hydrogens (tertiary/aromatic N) is 3. The lowest BCUT2D eigenvalue weighted by molar-refractivity contribution is 0.0793. The Bertz CT molecular complexity index is 1160.